The van der Waals surface area contributed by atoms with Gasteiger partial charge in [-0.05, 0) is 24.0 Å². The van der Waals surface area contributed by atoms with Gasteiger partial charge in [0.05, 0.1) is 12.9 Å². The molecule has 1 aromatic carbocycles. The second-order valence-corrected chi connectivity index (χ2v) is 9.78. The molecule has 0 spiro atoms. The number of nitrogens with zero attached hydrogens (tertiary/aromatic N) is 1. The van der Waals surface area contributed by atoms with Crippen LogP contribution in [0.2, 0.25) is 0 Å². The number of carboxylic acid groups (broad SMARTS) is 1. The lowest BCUT2D eigenvalue weighted by molar-refractivity contribution is -0.142. The minimum atomic E-state index is -1.25. The molecule has 3 aromatic rings. The molecule has 3 amide bonds. The molecule has 210 valence electrons. The number of carbonyl (C=O) groups is 4. The molecule has 0 aliphatic rings. The quantitative estimate of drug-likeness (QED) is 0.134. The number of amides is 3. The Morgan fingerprint density at radius 3 is 2.21 bits per heavy atom. The summed E-state index contributed by atoms with van der Waals surface area (Å²) in [4.78, 5) is 60.9. The van der Waals surface area contributed by atoms with Gasteiger partial charge in [-0.1, -0.05) is 32.0 Å². The lowest BCUT2D eigenvalue weighted by Gasteiger charge is -2.25. The van der Waals surface area contributed by atoms with E-state index in [0.29, 0.717) is 5.69 Å². The number of para-hydroxylation sites is 1. The third-order valence-electron chi connectivity index (χ3n) is 6.20. The van der Waals surface area contributed by atoms with Crippen molar-refractivity contribution in [1.29, 1.82) is 0 Å². The van der Waals surface area contributed by atoms with Crippen molar-refractivity contribution >= 4 is 34.6 Å². The van der Waals surface area contributed by atoms with Gasteiger partial charge in [0.1, 0.15) is 24.2 Å². The van der Waals surface area contributed by atoms with Crippen LogP contribution in [0.4, 0.5) is 0 Å². The second-order valence-electron chi connectivity index (χ2n) is 9.78. The number of aromatic nitrogens is 3. The molecule has 13 heteroatoms. The Morgan fingerprint density at radius 1 is 0.949 bits per heavy atom. The first kappa shape index (κ1) is 29.3. The molecule has 2 aromatic heterocycles. The monoisotopic (exact) mass is 541 g/mol. The van der Waals surface area contributed by atoms with Crippen molar-refractivity contribution in [2.45, 2.75) is 57.3 Å². The normalized spacial score (nSPS) is 14.4. The van der Waals surface area contributed by atoms with Crippen LogP contribution in [0.15, 0.2) is 43.0 Å². The number of aliphatic hydroxyl groups is 1. The molecule has 0 saturated heterocycles. The van der Waals surface area contributed by atoms with E-state index >= 15 is 0 Å². The Hall–Kier alpha value is -4.23. The minimum absolute atomic E-state index is 0.00134. The SMILES string of the molecule is CC(C)CC(NC(=O)C(Cc1cnc[nH]1)NC(=O)C(Cc1c[nH]c2ccccc12)NC(=O)C(N)CO)C(=O)O. The molecule has 0 saturated carbocycles. The summed E-state index contributed by atoms with van der Waals surface area (Å²) in [6, 6.07) is 2.70. The number of benzene rings is 1. The van der Waals surface area contributed by atoms with E-state index in [-0.39, 0.29) is 25.2 Å². The van der Waals surface area contributed by atoms with Crippen molar-refractivity contribution in [2.24, 2.45) is 11.7 Å². The Bertz CT molecular complexity index is 1270. The third kappa shape index (κ3) is 8.12. The topological polar surface area (TPSA) is 215 Å². The zero-order valence-corrected chi connectivity index (χ0v) is 21.8. The number of rotatable bonds is 14. The van der Waals surface area contributed by atoms with Gasteiger partial charge in [-0.3, -0.25) is 14.4 Å². The van der Waals surface area contributed by atoms with Gasteiger partial charge in [0.25, 0.3) is 0 Å². The summed E-state index contributed by atoms with van der Waals surface area (Å²) in [7, 11) is 0. The van der Waals surface area contributed by atoms with Crippen molar-refractivity contribution in [3.63, 3.8) is 0 Å². The van der Waals surface area contributed by atoms with Crippen LogP contribution in [0.1, 0.15) is 31.5 Å². The largest absolute Gasteiger partial charge is 0.480 e. The van der Waals surface area contributed by atoms with Crippen molar-refractivity contribution in [2.75, 3.05) is 6.61 Å². The maximum atomic E-state index is 13.5. The summed E-state index contributed by atoms with van der Waals surface area (Å²) in [5.74, 6) is -3.32. The van der Waals surface area contributed by atoms with Crippen LogP contribution >= 0.6 is 0 Å². The summed E-state index contributed by atoms with van der Waals surface area (Å²) in [6.07, 6.45) is 4.88. The molecule has 0 bridgehead atoms. The van der Waals surface area contributed by atoms with E-state index in [1.807, 2.05) is 38.1 Å². The number of hydrogen-bond donors (Lipinski definition) is 8. The number of hydrogen-bond acceptors (Lipinski definition) is 7. The van der Waals surface area contributed by atoms with Gasteiger partial charge >= 0.3 is 5.97 Å². The van der Waals surface area contributed by atoms with Gasteiger partial charge in [-0.2, -0.15) is 0 Å². The molecule has 2 heterocycles. The Morgan fingerprint density at radius 2 is 1.59 bits per heavy atom. The summed E-state index contributed by atoms with van der Waals surface area (Å²) in [5.41, 5.74) is 7.77. The van der Waals surface area contributed by atoms with E-state index in [1.165, 1.54) is 12.5 Å². The number of nitrogens with two attached hydrogens (primary N) is 1. The Balaban J connectivity index is 1.86. The van der Waals surface area contributed by atoms with Crippen LogP contribution in [0, 0.1) is 5.92 Å². The summed E-state index contributed by atoms with van der Waals surface area (Å²) < 4.78 is 0. The molecule has 0 aliphatic heterocycles. The zero-order chi connectivity index (χ0) is 28.5. The molecular formula is C26H35N7O6. The van der Waals surface area contributed by atoms with Crippen molar-refractivity contribution in [3.05, 3.63) is 54.2 Å². The van der Waals surface area contributed by atoms with Gasteiger partial charge in [-0.15, -0.1) is 0 Å². The lowest BCUT2D eigenvalue weighted by Crippen LogP contribution is -2.58. The molecule has 9 N–H and O–H groups in total. The van der Waals surface area contributed by atoms with Gasteiger partial charge < -0.3 is 41.9 Å². The van der Waals surface area contributed by atoms with Crippen molar-refractivity contribution < 1.29 is 29.4 Å². The second kappa shape index (κ2) is 13.5. The van der Waals surface area contributed by atoms with Crippen LogP contribution < -0.4 is 21.7 Å². The van der Waals surface area contributed by atoms with Crippen LogP contribution in [-0.2, 0) is 32.0 Å². The molecule has 13 nitrogen and oxygen atoms in total. The van der Waals surface area contributed by atoms with Gasteiger partial charge in [-0.25, -0.2) is 9.78 Å². The number of aliphatic carboxylic acids is 1. The van der Waals surface area contributed by atoms with E-state index < -0.39 is 54.5 Å². The number of aromatic amines is 2. The molecule has 3 rings (SSSR count). The molecule has 0 radical (unpaired) electrons. The van der Waals surface area contributed by atoms with Crippen molar-refractivity contribution in [1.82, 2.24) is 30.9 Å². The van der Waals surface area contributed by atoms with Crippen LogP contribution in [0.5, 0.6) is 0 Å². The van der Waals surface area contributed by atoms with E-state index in [2.05, 4.69) is 30.9 Å². The highest BCUT2D eigenvalue weighted by atomic mass is 16.4. The standard InChI is InChI=1S/C26H35N7O6/c1-14(2)7-22(26(38)39)33-25(37)21(9-16-11-28-13-30-16)32-24(36)20(31-23(35)18(27)12-34)8-15-10-29-19-6-4-3-5-17(15)19/h3-6,10-11,13-14,18,20-22,29,34H,7-9,12,27H2,1-2H3,(H,28,30)(H,31,35)(H,32,36)(H,33,37)(H,38,39). The fourth-order valence-electron chi connectivity index (χ4n) is 4.15. The first-order valence-corrected chi connectivity index (χ1v) is 12.6. The van der Waals surface area contributed by atoms with Crippen LogP contribution in [-0.4, -0.2) is 79.6 Å². The van der Waals surface area contributed by atoms with E-state index in [1.54, 1.807) is 6.20 Å². The predicted octanol–water partition coefficient (Wildman–Crippen LogP) is -0.419. The minimum Gasteiger partial charge on any atom is -0.480 e. The smallest absolute Gasteiger partial charge is 0.326 e. The highest BCUT2D eigenvalue weighted by Crippen LogP contribution is 2.19. The number of H-pyrrole nitrogens is 2. The predicted molar refractivity (Wildman–Crippen MR) is 142 cm³/mol. The summed E-state index contributed by atoms with van der Waals surface area (Å²) in [6.45, 7) is 3.05. The van der Waals surface area contributed by atoms with Crippen molar-refractivity contribution in [3.8, 4) is 0 Å². The maximum absolute atomic E-state index is 13.5. The average molecular weight is 542 g/mol. The fraction of sp³-hybridized carbons (Fsp3) is 0.423. The third-order valence-corrected chi connectivity index (χ3v) is 6.20. The highest BCUT2D eigenvalue weighted by Gasteiger charge is 2.31. The van der Waals surface area contributed by atoms with Gasteiger partial charge in [0, 0.05) is 41.8 Å². The summed E-state index contributed by atoms with van der Waals surface area (Å²) in [5, 5.41) is 27.5. The Kier molecular flexibility index (Phi) is 10.2. The lowest BCUT2D eigenvalue weighted by atomic mass is 10.0. The summed E-state index contributed by atoms with van der Waals surface area (Å²) >= 11 is 0. The van der Waals surface area contributed by atoms with Gasteiger partial charge in [0.15, 0.2) is 0 Å². The average Bonchev–Trinajstić information content (AvgIpc) is 3.56. The van der Waals surface area contributed by atoms with Crippen LogP contribution in [0.25, 0.3) is 10.9 Å². The van der Waals surface area contributed by atoms with Gasteiger partial charge in [0.2, 0.25) is 17.7 Å². The van der Waals surface area contributed by atoms with E-state index in [9.17, 15) is 29.4 Å². The zero-order valence-electron chi connectivity index (χ0n) is 21.8. The first-order chi connectivity index (χ1) is 18.6. The molecule has 4 atom stereocenters. The highest BCUT2D eigenvalue weighted by molar-refractivity contribution is 5.95. The number of fused-ring (bicyclic) bond motifs is 1. The van der Waals surface area contributed by atoms with Crippen LogP contribution in [0.3, 0.4) is 0 Å². The molecule has 4 unspecified atom stereocenters. The number of carbonyl (C=O) groups excluding carboxylic acids is 3. The maximum Gasteiger partial charge on any atom is 0.326 e. The number of carboxylic acids is 1. The Labute approximate surface area is 225 Å². The molecule has 39 heavy (non-hydrogen) atoms. The number of nitrogens with one attached hydrogen (secondary N) is 5. The molecular weight excluding hydrogens is 506 g/mol. The first-order valence-electron chi connectivity index (χ1n) is 12.6. The number of aliphatic hydroxyl groups excluding tert-OH is 1. The fourth-order valence-corrected chi connectivity index (χ4v) is 4.15. The molecule has 0 fully saturated rings. The molecule has 0 aliphatic carbocycles. The number of imidazole rings is 1. The van der Waals surface area contributed by atoms with E-state index in [0.717, 1.165) is 16.5 Å². The van der Waals surface area contributed by atoms with E-state index in [4.69, 9.17) is 5.73 Å².